The van der Waals surface area contributed by atoms with Crippen LogP contribution in [0.25, 0.3) is 0 Å². The molecule has 2 rings (SSSR count). The van der Waals surface area contributed by atoms with Gasteiger partial charge in [-0.05, 0) is 44.4 Å². The van der Waals surface area contributed by atoms with Crippen molar-refractivity contribution in [1.29, 1.82) is 5.26 Å². The van der Waals surface area contributed by atoms with Crippen molar-refractivity contribution in [1.82, 2.24) is 0 Å². The largest absolute Gasteiger partial charge is 0.461 e. The molecule has 0 aromatic rings. The van der Waals surface area contributed by atoms with E-state index in [2.05, 4.69) is 19.9 Å². The molecule has 2 aliphatic rings. The van der Waals surface area contributed by atoms with Gasteiger partial charge in [0.15, 0.2) is 6.29 Å². The van der Waals surface area contributed by atoms with Gasteiger partial charge in [-0.15, -0.1) is 0 Å². The lowest BCUT2D eigenvalue weighted by atomic mass is 9.85. The van der Waals surface area contributed by atoms with E-state index in [1.807, 2.05) is 0 Å². The first kappa shape index (κ1) is 19.2. The summed E-state index contributed by atoms with van der Waals surface area (Å²) >= 11 is 0. The summed E-state index contributed by atoms with van der Waals surface area (Å²) in [7, 11) is 0. The first-order valence-electron chi connectivity index (χ1n) is 9.49. The van der Waals surface area contributed by atoms with Gasteiger partial charge in [0.1, 0.15) is 6.10 Å². The summed E-state index contributed by atoms with van der Waals surface area (Å²) in [5, 5.41) is 9.51. The first-order chi connectivity index (χ1) is 11.6. The fourth-order valence-corrected chi connectivity index (χ4v) is 3.44. The van der Waals surface area contributed by atoms with Crippen molar-refractivity contribution in [3.05, 3.63) is 0 Å². The Bertz CT molecular complexity index is 429. The second-order valence-corrected chi connectivity index (χ2v) is 7.20. The van der Waals surface area contributed by atoms with Crippen LogP contribution in [-0.2, 0) is 19.0 Å². The topological polar surface area (TPSA) is 68.5 Å². The molecule has 1 heterocycles. The normalized spacial score (nSPS) is 33.6. The van der Waals surface area contributed by atoms with E-state index in [9.17, 15) is 10.1 Å². The highest BCUT2D eigenvalue weighted by Crippen LogP contribution is 2.32. The van der Waals surface area contributed by atoms with Crippen LogP contribution in [0.5, 0.6) is 0 Å². The maximum absolute atomic E-state index is 12.5. The van der Waals surface area contributed by atoms with E-state index in [1.54, 1.807) is 0 Å². The summed E-state index contributed by atoms with van der Waals surface area (Å²) < 4.78 is 16.9. The molecule has 0 N–H and O–H groups in total. The zero-order valence-electron chi connectivity index (χ0n) is 15.1. The minimum absolute atomic E-state index is 0.0622. The molecule has 1 aliphatic carbocycles. The van der Waals surface area contributed by atoms with E-state index < -0.39 is 11.4 Å². The Labute approximate surface area is 145 Å². The lowest BCUT2D eigenvalue weighted by Gasteiger charge is -2.35. The average molecular weight is 337 g/mol. The molecule has 0 unspecified atom stereocenters. The van der Waals surface area contributed by atoms with Crippen LogP contribution < -0.4 is 0 Å². The van der Waals surface area contributed by atoms with E-state index in [1.165, 1.54) is 6.42 Å². The third-order valence-electron chi connectivity index (χ3n) is 5.32. The molecule has 5 heteroatoms. The molecule has 1 saturated heterocycles. The van der Waals surface area contributed by atoms with Crippen LogP contribution in [0.3, 0.4) is 0 Å². The number of unbranched alkanes of at least 4 members (excludes halogenated alkanes) is 2. The fraction of sp³-hybridized carbons (Fsp3) is 0.895. The Balaban J connectivity index is 1.80. The smallest absolute Gasteiger partial charge is 0.331 e. The van der Waals surface area contributed by atoms with Crippen LogP contribution >= 0.6 is 0 Å². The van der Waals surface area contributed by atoms with E-state index >= 15 is 0 Å². The zero-order chi connectivity index (χ0) is 17.4. The maximum atomic E-state index is 12.5. The molecule has 1 saturated carbocycles. The molecule has 0 bridgehead atoms. The molecule has 0 radical (unpaired) electrons. The predicted octanol–water partition coefficient (Wildman–Crippen LogP) is 3.96. The van der Waals surface area contributed by atoms with E-state index in [-0.39, 0.29) is 25.6 Å². The molecule has 0 atom stereocenters. The molecule has 0 aromatic carbocycles. The van der Waals surface area contributed by atoms with Crippen LogP contribution in [-0.4, -0.2) is 31.6 Å². The van der Waals surface area contributed by atoms with Crippen LogP contribution in [0.4, 0.5) is 0 Å². The van der Waals surface area contributed by atoms with Crippen molar-refractivity contribution in [2.24, 2.45) is 11.3 Å². The Morgan fingerprint density at radius 1 is 1.17 bits per heavy atom. The molecule has 136 valence electrons. The molecular formula is C19H31NO4. The molecular weight excluding hydrogens is 306 g/mol. The third-order valence-corrected chi connectivity index (χ3v) is 5.32. The van der Waals surface area contributed by atoms with Gasteiger partial charge >= 0.3 is 5.97 Å². The van der Waals surface area contributed by atoms with Crippen LogP contribution in [0.2, 0.25) is 0 Å². The van der Waals surface area contributed by atoms with Crippen LogP contribution in [0.15, 0.2) is 0 Å². The van der Waals surface area contributed by atoms with Crippen LogP contribution in [0, 0.1) is 22.7 Å². The highest BCUT2D eigenvalue weighted by Gasteiger charge is 2.46. The highest BCUT2D eigenvalue weighted by molar-refractivity contribution is 5.80. The number of carbonyl (C=O) groups excluding carboxylic acids is 1. The van der Waals surface area contributed by atoms with Crippen molar-refractivity contribution < 1.29 is 19.0 Å². The summed E-state index contributed by atoms with van der Waals surface area (Å²) in [5.74, 6) is 0.270. The quantitative estimate of drug-likeness (QED) is 0.519. The summed E-state index contributed by atoms with van der Waals surface area (Å²) in [5.41, 5.74) is -1.30. The number of rotatable bonds is 7. The molecule has 0 spiro atoms. The number of carbonyl (C=O) groups is 1. The molecule has 5 nitrogen and oxygen atoms in total. The number of esters is 1. The second kappa shape index (κ2) is 9.39. The van der Waals surface area contributed by atoms with Crippen molar-refractivity contribution >= 4 is 5.97 Å². The van der Waals surface area contributed by atoms with E-state index in [4.69, 9.17) is 14.2 Å². The van der Waals surface area contributed by atoms with Crippen molar-refractivity contribution in [3.63, 3.8) is 0 Å². The number of nitrogens with zero attached hydrogens (tertiary/aromatic N) is 1. The third kappa shape index (κ3) is 4.94. The predicted molar refractivity (Wildman–Crippen MR) is 90.0 cm³/mol. The van der Waals surface area contributed by atoms with Gasteiger partial charge in [-0.1, -0.05) is 33.1 Å². The Morgan fingerprint density at radius 2 is 1.83 bits per heavy atom. The monoisotopic (exact) mass is 337 g/mol. The van der Waals surface area contributed by atoms with Gasteiger partial charge in [0.05, 0.1) is 19.3 Å². The van der Waals surface area contributed by atoms with E-state index in [0.717, 1.165) is 57.3 Å². The Kier molecular flexibility index (Phi) is 7.51. The molecule has 0 aromatic heterocycles. The molecule has 2 fully saturated rings. The minimum atomic E-state index is -1.30. The molecule has 0 amide bonds. The van der Waals surface area contributed by atoms with Gasteiger partial charge in [-0.3, -0.25) is 4.79 Å². The maximum Gasteiger partial charge on any atom is 0.331 e. The average Bonchev–Trinajstić information content (AvgIpc) is 2.63. The minimum Gasteiger partial charge on any atom is -0.461 e. The van der Waals surface area contributed by atoms with Gasteiger partial charge < -0.3 is 14.2 Å². The van der Waals surface area contributed by atoms with Gasteiger partial charge in [-0.2, -0.15) is 5.26 Å². The van der Waals surface area contributed by atoms with Gasteiger partial charge in [-0.25, -0.2) is 0 Å². The number of hydrogen-bond donors (Lipinski definition) is 0. The molecule has 24 heavy (non-hydrogen) atoms. The van der Waals surface area contributed by atoms with Gasteiger partial charge in [0, 0.05) is 0 Å². The summed E-state index contributed by atoms with van der Waals surface area (Å²) in [6.07, 6.45) is 8.93. The lowest BCUT2D eigenvalue weighted by Crippen LogP contribution is -2.48. The van der Waals surface area contributed by atoms with Gasteiger partial charge in [0.2, 0.25) is 5.41 Å². The molecule has 1 aliphatic heterocycles. The number of nitriles is 1. The fourth-order valence-electron chi connectivity index (χ4n) is 3.44. The lowest BCUT2D eigenvalue weighted by molar-refractivity contribution is -0.228. The van der Waals surface area contributed by atoms with Crippen LogP contribution in [0.1, 0.15) is 71.6 Å². The zero-order valence-corrected chi connectivity index (χ0v) is 15.1. The van der Waals surface area contributed by atoms with Gasteiger partial charge in [0.25, 0.3) is 0 Å². The van der Waals surface area contributed by atoms with Crippen molar-refractivity contribution in [2.75, 3.05) is 13.2 Å². The van der Waals surface area contributed by atoms with Crippen molar-refractivity contribution in [2.45, 2.75) is 84.0 Å². The standard InChI is InChI=1S/C19H31NO4/c1-3-5-6-7-17-22-13-19(12-20,14-23-17)18(21)24-16-10-8-15(4-2)9-11-16/h15-17H,3-11,13-14H2,1-2H3. The summed E-state index contributed by atoms with van der Waals surface area (Å²) in [6.45, 7) is 4.50. The Morgan fingerprint density at radius 3 is 2.38 bits per heavy atom. The second-order valence-electron chi connectivity index (χ2n) is 7.20. The Hall–Kier alpha value is -1.12. The SMILES string of the molecule is CCCCCC1OCC(C#N)(C(=O)OC2CCC(CC)CC2)CO1. The summed E-state index contributed by atoms with van der Waals surface area (Å²) in [4.78, 5) is 12.5. The summed E-state index contributed by atoms with van der Waals surface area (Å²) in [6, 6.07) is 2.09. The number of hydrogen-bond acceptors (Lipinski definition) is 5. The number of ether oxygens (including phenoxy) is 3. The highest BCUT2D eigenvalue weighted by atomic mass is 16.7. The van der Waals surface area contributed by atoms with E-state index in [0.29, 0.717) is 0 Å². The first-order valence-corrected chi connectivity index (χ1v) is 9.49. The van der Waals surface area contributed by atoms with Crippen molar-refractivity contribution in [3.8, 4) is 6.07 Å².